The molecule has 1 atom stereocenters. The van der Waals surface area contributed by atoms with E-state index in [0.717, 1.165) is 16.8 Å². The van der Waals surface area contributed by atoms with Crippen molar-refractivity contribution < 1.29 is 14.0 Å². The van der Waals surface area contributed by atoms with Crippen molar-refractivity contribution in [2.75, 3.05) is 5.32 Å². The third-order valence-corrected chi connectivity index (χ3v) is 4.48. The zero-order valence-corrected chi connectivity index (χ0v) is 15.2. The first kappa shape index (κ1) is 17.7. The van der Waals surface area contributed by atoms with E-state index in [-0.39, 0.29) is 23.6 Å². The minimum atomic E-state index is -0.301. The normalized spacial score (nSPS) is 16.0. The van der Waals surface area contributed by atoms with Gasteiger partial charge in [-0.05, 0) is 42.0 Å². The van der Waals surface area contributed by atoms with Crippen LogP contribution < -0.4 is 5.32 Å². The summed E-state index contributed by atoms with van der Waals surface area (Å²) in [7, 11) is 0. The molecule has 1 aliphatic rings. The molecule has 7 nitrogen and oxygen atoms in total. The van der Waals surface area contributed by atoms with Gasteiger partial charge in [-0.15, -0.1) is 0 Å². The molecule has 1 N–H and O–H groups in total. The molecule has 0 bridgehead atoms. The predicted octanol–water partition coefficient (Wildman–Crippen LogP) is 3.62. The Morgan fingerprint density at radius 1 is 1.11 bits per heavy atom. The Morgan fingerprint density at radius 3 is 2.50 bits per heavy atom. The number of nitrogens with one attached hydrogen (secondary N) is 1. The van der Waals surface area contributed by atoms with E-state index in [1.165, 1.54) is 18.2 Å². The Morgan fingerprint density at radius 2 is 1.86 bits per heavy atom. The molecule has 1 aromatic carbocycles. The fourth-order valence-electron chi connectivity index (χ4n) is 3.18. The molecule has 28 heavy (non-hydrogen) atoms. The van der Waals surface area contributed by atoms with Crippen LogP contribution in [0.5, 0.6) is 0 Å². The van der Waals surface area contributed by atoms with Crippen LogP contribution in [-0.2, 0) is 4.79 Å². The summed E-state index contributed by atoms with van der Waals surface area (Å²) in [5.41, 5.74) is 3.35. The summed E-state index contributed by atoms with van der Waals surface area (Å²) in [6.07, 6.45) is 5.43. The second-order valence-electron chi connectivity index (χ2n) is 6.43. The number of furan rings is 1. The summed E-state index contributed by atoms with van der Waals surface area (Å²) in [4.78, 5) is 28.2. The first-order valence-corrected chi connectivity index (χ1v) is 8.84. The molecule has 1 unspecified atom stereocenters. The van der Waals surface area contributed by atoms with Gasteiger partial charge in [0.1, 0.15) is 0 Å². The minimum absolute atomic E-state index is 0.133. The SMILES string of the molecule is CC(=O)Nc1ccc(C2CC(c3ccncc3)=NN2C(=O)c2ccco2)cc1. The maximum Gasteiger partial charge on any atom is 0.310 e. The Bertz CT molecular complexity index is 1010. The van der Waals surface area contributed by atoms with Gasteiger partial charge in [0.25, 0.3) is 0 Å². The molecule has 0 saturated heterocycles. The summed E-state index contributed by atoms with van der Waals surface area (Å²) in [5, 5.41) is 8.79. The maximum atomic E-state index is 12.9. The van der Waals surface area contributed by atoms with E-state index in [1.54, 1.807) is 24.5 Å². The van der Waals surface area contributed by atoms with Gasteiger partial charge in [-0.3, -0.25) is 14.6 Å². The van der Waals surface area contributed by atoms with Crippen molar-refractivity contribution in [2.45, 2.75) is 19.4 Å². The zero-order valence-electron chi connectivity index (χ0n) is 15.2. The highest BCUT2D eigenvalue weighted by atomic mass is 16.3. The molecule has 0 spiro atoms. The fraction of sp³-hybridized carbons (Fsp3) is 0.143. The molecule has 2 amide bonds. The van der Waals surface area contributed by atoms with E-state index in [9.17, 15) is 9.59 Å². The van der Waals surface area contributed by atoms with Crippen LogP contribution in [0, 0.1) is 0 Å². The Hall–Kier alpha value is -3.74. The number of hydrogen-bond acceptors (Lipinski definition) is 5. The lowest BCUT2D eigenvalue weighted by atomic mass is 9.98. The molecule has 7 heteroatoms. The molecule has 0 saturated carbocycles. The topological polar surface area (TPSA) is 87.8 Å². The maximum absolute atomic E-state index is 12.9. The van der Waals surface area contributed by atoms with Crippen LogP contribution in [0.15, 0.2) is 76.7 Å². The summed E-state index contributed by atoms with van der Waals surface area (Å²) >= 11 is 0. The fourth-order valence-corrected chi connectivity index (χ4v) is 3.18. The molecule has 0 fully saturated rings. The molecule has 140 valence electrons. The van der Waals surface area contributed by atoms with E-state index in [0.29, 0.717) is 12.1 Å². The van der Waals surface area contributed by atoms with E-state index in [4.69, 9.17) is 4.42 Å². The summed E-state index contributed by atoms with van der Waals surface area (Å²) in [6, 6.07) is 14.2. The second kappa shape index (κ2) is 7.48. The Labute approximate surface area is 161 Å². The molecule has 0 aliphatic carbocycles. The third kappa shape index (κ3) is 3.55. The number of nitrogens with zero attached hydrogens (tertiary/aromatic N) is 3. The van der Waals surface area contributed by atoms with Crippen molar-refractivity contribution in [1.29, 1.82) is 0 Å². The van der Waals surface area contributed by atoms with E-state index < -0.39 is 0 Å². The van der Waals surface area contributed by atoms with Crippen molar-refractivity contribution in [3.05, 3.63) is 84.1 Å². The highest BCUT2D eigenvalue weighted by Crippen LogP contribution is 2.34. The molecule has 3 heterocycles. The highest BCUT2D eigenvalue weighted by Gasteiger charge is 2.34. The second-order valence-corrected chi connectivity index (χ2v) is 6.43. The van der Waals surface area contributed by atoms with Crippen LogP contribution >= 0.6 is 0 Å². The molecule has 2 aromatic heterocycles. The number of amides is 2. The number of carbonyl (C=O) groups excluding carboxylic acids is 2. The molecule has 4 rings (SSSR count). The van der Waals surface area contributed by atoms with Crippen molar-refractivity contribution in [3.63, 3.8) is 0 Å². The van der Waals surface area contributed by atoms with Gasteiger partial charge in [0, 0.05) is 37.0 Å². The van der Waals surface area contributed by atoms with Gasteiger partial charge >= 0.3 is 5.91 Å². The van der Waals surface area contributed by atoms with E-state index in [1.807, 2.05) is 36.4 Å². The van der Waals surface area contributed by atoms with Gasteiger partial charge in [0.15, 0.2) is 5.76 Å². The number of hydrogen-bond donors (Lipinski definition) is 1. The summed E-state index contributed by atoms with van der Waals surface area (Å²) in [5.74, 6) is -0.198. The van der Waals surface area contributed by atoms with Crippen LogP contribution in [0.2, 0.25) is 0 Å². The van der Waals surface area contributed by atoms with Gasteiger partial charge in [-0.1, -0.05) is 12.1 Å². The first-order chi connectivity index (χ1) is 13.6. The lowest BCUT2D eigenvalue weighted by Crippen LogP contribution is -2.26. The molecular formula is C21H18N4O3. The summed E-state index contributed by atoms with van der Waals surface area (Å²) in [6.45, 7) is 1.46. The molecule has 1 aliphatic heterocycles. The molecule has 0 radical (unpaired) electrons. The van der Waals surface area contributed by atoms with Crippen molar-refractivity contribution in [1.82, 2.24) is 9.99 Å². The van der Waals surface area contributed by atoms with Gasteiger partial charge < -0.3 is 9.73 Å². The quantitative estimate of drug-likeness (QED) is 0.755. The number of benzene rings is 1. The van der Waals surface area contributed by atoms with Gasteiger partial charge in [0.2, 0.25) is 5.91 Å². The lowest BCUT2D eigenvalue weighted by Gasteiger charge is -2.21. The average Bonchev–Trinajstić information content (AvgIpc) is 3.39. The third-order valence-electron chi connectivity index (χ3n) is 4.48. The average molecular weight is 374 g/mol. The number of hydrazone groups is 1. The van der Waals surface area contributed by atoms with Gasteiger partial charge in [0.05, 0.1) is 18.0 Å². The van der Waals surface area contributed by atoms with Crippen molar-refractivity contribution >= 4 is 23.2 Å². The number of rotatable bonds is 4. The van der Waals surface area contributed by atoms with Gasteiger partial charge in [-0.25, -0.2) is 5.01 Å². The minimum Gasteiger partial charge on any atom is -0.459 e. The standard InChI is InChI=1S/C21H18N4O3/c1-14(26)23-17-6-4-16(5-7-17)19-13-18(15-8-10-22-11-9-15)24-25(19)21(27)20-3-2-12-28-20/h2-12,19H,13H2,1H3,(H,23,26). The number of anilines is 1. The predicted molar refractivity (Wildman–Crippen MR) is 104 cm³/mol. The number of aromatic nitrogens is 1. The molecular weight excluding hydrogens is 356 g/mol. The van der Waals surface area contributed by atoms with E-state index in [2.05, 4.69) is 15.4 Å². The Kier molecular flexibility index (Phi) is 4.72. The lowest BCUT2D eigenvalue weighted by molar-refractivity contribution is -0.114. The van der Waals surface area contributed by atoms with Crippen LogP contribution in [0.1, 0.15) is 41.1 Å². The zero-order chi connectivity index (χ0) is 19.5. The van der Waals surface area contributed by atoms with Crippen molar-refractivity contribution in [2.24, 2.45) is 5.10 Å². The van der Waals surface area contributed by atoms with Crippen LogP contribution in [0.3, 0.4) is 0 Å². The summed E-state index contributed by atoms with van der Waals surface area (Å²) < 4.78 is 5.28. The smallest absolute Gasteiger partial charge is 0.310 e. The number of carbonyl (C=O) groups is 2. The van der Waals surface area contributed by atoms with Crippen LogP contribution in [-0.4, -0.2) is 27.5 Å². The van der Waals surface area contributed by atoms with Crippen LogP contribution in [0.25, 0.3) is 0 Å². The largest absolute Gasteiger partial charge is 0.459 e. The molecule has 3 aromatic rings. The monoisotopic (exact) mass is 374 g/mol. The van der Waals surface area contributed by atoms with Gasteiger partial charge in [-0.2, -0.15) is 5.10 Å². The van der Waals surface area contributed by atoms with E-state index >= 15 is 0 Å². The van der Waals surface area contributed by atoms with Crippen LogP contribution in [0.4, 0.5) is 5.69 Å². The first-order valence-electron chi connectivity index (χ1n) is 8.84. The van der Waals surface area contributed by atoms with Crippen molar-refractivity contribution in [3.8, 4) is 0 Å². The highest BCUT2D eigenvalue weighted by molar-refractivity contribution is 6.04. The Balaban J connectivity index is 1.66. The number of pyridine rings is 1.